The largest absolute Gasteiger partial charge is 0.494 e. The number of nitrogens with two attached hydrogens (primary N) is 2. The molecule has 0 spiro atoms. The fraction of sp³-hybridized carbons (Fsp3) is 0.294. The molecule has 0 fully saturated rings. The fourth-order valence-electron chi connectivity index (χ4n) is 3.78. The van der Waals surface area contributed by atoms with E-state index in [1.165, 1.54) is 42.0 Å². The maximum Gasteiger partial charge on any atom is 0.294 e. The lowest BCUT2D eigenvalue weighted by molar-refractivity contribution is 0.340. The lowest BCUT2D eigenvalue weighted by atomic mass is 10.1. The molecule has 1 atom stereocenters. The molecule has 13 nitrogen and oxygen atoms in total. The van der Waals surface area contributed by atoms with E-state index in [1.807, 2.05) is 39.8 Å². The van der Waals surface area contributed by atoms with E-state index < -0.39 is 30.4 Å². The number of hydrogen-bond acceptors (Lipinski definition) is 10. The number of benzene rings is 4. The van der Waals surface area contributed by atoms with Gasteiger partial charge in [-0.3, -0.25) is 13.7 Å². The highest BCUT2D eigenvalue weighted by atomic mass is 32.2. The lowest BCUT2D eigenvalue weighted by Crippen LogP contribution is -2.37. The molecule has 4 aromatic rings. The molecule has 0 aliphatic carbocycles. The first-order chi connectivity index (χ1) is 23.3. The van der Waals surface area contributed by atoms with Crippen LogP contribution < -0.4 is 21.5 Å². The SMILES string of the molecule is CCOc1ccc(C[C@H](N)CNCCN)cc1.Cc1ccc(S(=O)(=O)O)cc1.Cc1ccc(S(=O)(=O)O)cc1.Cc1ccc(S(=O)(=O)O)cc1. The first-order valence-corrected chi connectivity index (χ1v) is 19.6. The standard InChI is InChI=1S/C13H23N3O.3C7H8O3S/c1-2-17-13-5-3-11(4-6-13)9-12(15)10-16-8-7-14;3*1-6-2-4-7(5-3-6)11(8,9)10/h3-6,12,16H,2,7-10,14-15H2,1H3;3*2-5H,1H3,(H,8,9,10)/t12-;;;/m0.../s1. The van der Waals surface area contributed by atoms with Gasteiger partial charge in [0, 0.05) is 25.7 Å². The molecule has 0 saturated carbocycles. The lowest BCUT2D eigenvalue weighted by Gasteiger charge is -2.12. The summed E-state index contributed by atoms with van der Waals surface area (Å²) in [5, 5.41) is 3.21. The highest BCUT2D eigenvalue weighted by Gasteiger charge is 2.09. The van der Waals surface area contributed by atoms with E-state index >= 15 is 0 Å². The van der Waals surface area contributed by atoms with Gasteiger partial charge >= 0.3 is 0 Å². The van der Waals surface area contributed by atoms with Crippen LogP contribution in [0.3, 0.4) is 0 Å². The Kier molecular flexibility index (Phi) is 19.0. The summed E-state index contributed by atoms with van der Waals surface area (Å²) in [7, 11) is -12.1. The quantitative estimate of drug-likeness (QED) is 0.0930. The van der Waals surface area contributed by atoms with E-state index in [4.69, 9.17) is 29.9 Å². The third kappa shape index (κ3) is 18.9. The average molecular weight is 754 g/mol. The summed E-state index contributed by atoms with van der Waals surface area (Å²) in [4.78, 5) is -0.200. The summed E-state index contributed by atoms with van der Waals surface area (Å²) in [5.74, 6) is 0.908. The zero-order valence-electron chi connectivity index (χ0n) is 28.4. The Morgan fingerprint density at radius 2 is 0.960 bits per heavy atom. The Bertz CT molecular complexity index is 1710. The minimum atomic E-state index is -4.02. The van der Waals surface area contributed by atoms with Crippen LogP contribution in [0.15, 0.2) is 112 Å². The smallest absolute Gasteiger partial charge is 0.294 e. The second-order valence-corrected chi connectivity index (χ2v) is 15.2. The average Bonchev–Trinajstić information content (AvgIpc) is 3.03. The van der Waals surface area contributed by atoms with Gasteiger partial charge in [-0.2, -0.15) is 25.3 Å². The molecule has 0 aliphatic heterocycles. The molecule has 0 aliphatic rings. The molecule has 0 saturated heterocycles. The van der Waals surface area contributed by atoms with Crippen LogP contribution in [-0.4, -0.2) is 71.2 Å². The van der Waals surface area contributed by atoms with Gasteiger partial charge in [-0.05, 0) is 88.2 Å². The second kappa shape index (κ2) is 21.5. The van der Waals surface area contributed by atoms with Crippen molar-refractivity contribution in [3.8, 4) is 5.75 Å². The number of aryl methyl sites for hydroxylation is 3. The number of nitrogens with one attached hydrogen (secondary N) is 1. The normalized spacial score (nSPS) is 11.8. The molecule has 4 rings (SSSR count). The van der Waals surface area contributed by atoms with Crippen molar-refractivity contribution in [3.63, 3.8) is 0 Å². The van der Waals surface area contributed by atoms with Crippen LogP contribution in [-0.2, 0) is 36.8 Å². The molecule has 0 heterocycles. The molecule has 8 N–H and O–H groups in total. The third-order valence-electron chi connectivity index (χ3n) is 6.42. The van der Waals surface area contributed by atoms with Crippen molar-refractivity contribution in [2.75, 3.05) is 26.2 Å². The van der Waals surface area contributed by atoms with Crippen molar-refractivity contribution in [2.24, 2.45) is 11.5 Å². The topological polar surface area (TPSA) is 236 Å². The number of ether oxygens (including phenoxy) is 1. The predicted octanol–water partition coefficient (Wildman–Crippen LogP) is 4.23. The van der Waals surface area contributed by atoms with Crippen molar-refractivity contribution in [2.45, 2.75) is 54.8 Å². The summed E-state index contributed by atoms with van der Waals surface area (Å²) >= 11 is 0. The van der Waals surface area contributed by atoms with E-state index in [9.17, 15) is 25.3 Å². The van der Waals surface area contributed by atoms with E-state index in [0.29, 0.717) is 13.2 Å². The molecule has 0 bridgehead atoms. The summed E-state index contributed by atoms with van der Waals surface area (Å²) < 4.78 is 94.0. The maximum absolute atomic E-state index is 10.5. The zero-order chi connectivity index (χ0) is 38.0. The Morgan fingerprint density at radius 3 is 1.24 bits per heavy atom. The van der Waals surface area contributed by atoms with Crippen molar-refractivity contribution in [1.29, 1.82) is 0 Å². The molecule has 0 radical (unpaired) electrons. The minimum absolute atomic E-state index is 0.0666. The molecular formula is C34H47N3O10S3. The Hall–Kier alpha value is -3.71. The van der Waals surface area contributed by atoms with Crippen molar-refractivity contribution >= 4 is 30.4 Å². The van der Waals surface area contributed by atoms with Crippen LogP contribution in [0.1, 0.15) is 29.2 Å². The number of rotatable bonds is 11. The van der Waals surface area contributed by atoms with Gasteiger partial charge in [-0.25, -0.2) is 0 Å². The molecular weight excluding hydrogens is 707 g/mol. The van der Waals surface area contributed by atoms with E-state index in [1.54, 1.807) is 36.4 Å². The van der Waals surface area contributed by atoms with Crippen LogP contribution in [0, 0.1) is 20.8 Å². The Morgan fingerprint density at radius 1 is 0.620 bits per heavy atom. The van der Waals surface area contributed by atoms with Gasteiger partial charge < -0.3 is 21.5 Å². The van der Waals surface area contributed by atoms with Gasteiger partial charge in [0.1, 0.15) is 5.75 Å². The van der Waals surface area contributed by atoms with Crippen LogP contribution in [0.5, 0.6) is 5.75 Å². The molecule has 276 valence electrons. The predicted molar refractivity (Wildman–Crippen MR) is 194 cm³/mol. The molecule has 50 heavy (non-hydrogen) atoms. The van der Waals surface area contributed by atoms with Gasteiger partial charge in [0.25, 0.3) is 30.4 Å². The first-order valence-electron chi connectivity index (χ1n) is 15.3. The van der Waals surface area contributed by atoms with Gasteiger partial charge in [0.15, 0.2) is 0 Å². The van der Waals surface area contributed by atoms with Gasteiger partial charge in [-0.1, -0.05) is 65.2 Å². The van der Waals surface area contributed by atoms with Crippen molar-refractivity contribution < 1.29 is 43.6 Å². The number of hydrogen-bond donors (Lipinski definition) is 6. The van der Waals surface area contributed by atoms with Crippen molar-refractivity contribution in [1.82, 2.24) is 5.32 Å². The summed E-state index contributed by atoms with van der Waals surface area (Å²) in [5.41, 5.74) is 15.5. The molecule has 4 aromatic carbocycles. The Balaban J connectivity index is 0.000000340. The highest BCUT2D eigenvalue weighted by Crippen LogP contribution is 2.13. The third-order valence-corrected chi connectivity index (χ3v) is 9.02. The highest BCUT2D eigenvalue weighted by molar-refractivity contribution is 7.86. The van der Waals surface area contributed by atoms with Crippen LogP contribution >= 0.6 is 0 Å². The van der Waals surface area contributed by atoms with E-state index in [-0.39, 0.29) is 20.7 Å². The molecule has 16 heteroatoms. The fourth-order valence-corrected chi connectivity index (χ4v) is 5.22. The molecule has 0 aromatic heterocycles. The molecule has 0 unspecified atom stereocenters. The van der Waals surface area contributed by atoms with Gasteiger partial charge in [-0.15, -0.1) is 0 Å². The maximum atomic E-state index is 10.5. The summed E-state index contributed by atoms with van der Waals surface area (Å²) in [6.07, 6.45) is 0.865. The first kappa shape index (κ1) is 44.3. The van der Waals surface area contributed by atoms with E-state index in [0.717, 1.165) is 42.0 Å². The molecule has 0 amide bonds. The second-order valence-electron chi connectivity index (χ2n) is 10.9. The van der Waals surface area contributed by atoms with Gasteiger partial charge in [0.2, 0.25) is 0 Å². The monoisotopic (exact) mass is 753 g/mol. The minimum Gasteiger partial charge on any atom is -0.494 e. The van der Waals surface area contributed by atoms with Crippen LogP contribution in [0.25, 0.3) is 0 Å². The summed E-state index contributed by atoms with van der Waals surface area (Å²) in [6, 6.07) is 26.2. The van der Waals surface area contributed by atoms with Crippen LogP contribution in [0.4, 0.5) is 0 Å². The van der Waals surface area contributed by atoms with Crippen molar-refractivity contribution in [3.05, 3.63) is 119 Å². The van der Waals surface area contributed by atoms with E-state index in [2.05, 4.69) is 17.4 Å². The summed E-state index contributed by atoms with van der Waals surface area (Å²) in [6.45, 7) is 10.5. The Labute approximate surface area is 295 Å². The van der Waals surface area contributed by atoms with Crippen LogP contribution in [0.2, 0.25) is 0 Å². The zero-order valence-corrected chi connectivity index (χ0v) is 30.9. The van der Waals surface area contributed by atoms with Gasteiger partial charge in [0.05, 0.1) is 21.3 Å².